The number of hydrogen-bond acceptors (Lipinski definition) is 9. The molecule has 0 aliphatic rings. The summed E-state index contributed by atoms with van der Waals surface area (Å²) in [5.41, 5.74) is -0.472. The van der Waals surface area contributed by atoms with Gasteiger partial charge in [0.25, 0.3) is 11.4 Å². The van der Waals surface area contributed by atoms with Gasteiger partial charge in [0, 0.05) is 11.5 Å². The largest absolute Gasteiger partial charge is 0.516 e. The Hall–Kier alpha value is -3.83. The van der Waals surface area contributed by atoms with Crippen LogP contribution in [0.5, 0.6) is 6.01 Å². The number of ether oxygens (including phenoxy) is 2. The van der Waals surface area contributed by atoms with Crippen molar-refractivity contribution in [2.24, 2.45) is 0 Å². The lowest BCUT2D eigenvalue weighted by molar-refractivity contribution is -0.393. The van der Waals surface area contributed by atoms with Crippen molar-refractivity contribution < 1.29 is 24.1 Å². The van der Waals surface area contributed by atoms with Gasteiger partial charge in [0.2, 0.25) is 0 Å². The molecule has 12 nitrogen and oxygen atoms in total. The Labute approximate surface area is 137 Å². The zero-order chi connectivity index (χ0) is 18.1. The molecular weight excluding hydrogens is 338 g/mol. The Morgan fingerprint density at radius 2 is 2.04 bits per heavy atom. The van der Waals surface area contributed by atoms with Crippen molar-refractivity contribution in [2.45, 2.75) is 6.92 Å². The van der Waals surface area contributed by atoms with Crippen LogP contribution < -0.4 is 4.74 Å². The Kier molecular flexibility index (Phi) is 3.85. The molecule has 0 bridgehead atoms. The summed E-state index contributed by atoms with van der Waals surface area (Å²) in [5.74, 6) is 0. The summed E-state index contributed by atoms with van der Waals surface area (Å²) < 4.78 is 9.37. The molecule has 0 spiro atoms. The number of aromatic amines is 1. The topological polar surface area (TPSA) is 163 Å². The zero-order valence-electron chi connectivity index (χ0n) is 12.6. The van der Waals surface area contributed by atoms with Crippen molar-refractivity contribution in [1.82, 2.24) is 15.0 Å². The van der Waals surface area contributed by atoms with Crippen LogP contribution in [0.15, 0.2) is 18.3 Å². The fraction of sp³-hybridized carbons (Fsp3) is 0.154. The van der Waals surface area contributed by atoms with E-state index in [-0.39, 0.29) is 34.6 Å². The van der Waals surface area contributed by atoms with Crippen molar-refractivity contribution in [3.63, 3.8) is 0 Å². The highest BCUT2D eigenvalue weighted by atomic mass is 16.7. The van der Waals surface area contributed by atoms with Crippen molar-refractivity contribution in [3.05, 3.63) is 38.6 Å². The van der Waals surface area contributed by atoms with Gasteiger partial charge in [0.15, 0.2) is 0 Å². The fourth-order valence-electron chi connectivity index (χ4n) is 2.25. The second-order valence-electron chi connectivity index (χ2n) is 4.73. The van der Waals surface area contributed by atoms with Gasteiger partial charge in [-0.05, 0) is 6.92 Å². The number of hydrogen-bond donors (Lipinski definition) is 1. The van der Waals surface area contributed by atoms with Crippen molar-refractivity contribution >= 4 is 39.5 Å². The Morgan fingerprint density at radius 3 is 2.68 bits per heavy atom. The molecule has 128 valence electrons. The molecule has 2 heterocycles. The van der Waals surface area contributed by atoms with E-state index in [1.165, 1.54) is 6.20 Å². The van der Waals surface area contributed by atoms with Crippen LogP contribution >= 0.6 is 0 Å². The summed E-state index contributed by atoms with van der Waals surface area (Å²) in [6.45, 7) is 1.68. The molecule has 12 heteroatoms. The number of H-pyrrole nitrogens is 1. The standard InChI is InChI=1S/C13H9N5O7/c1-2-24-13(19)25-12-14-5-8-10(16-12)7-3-6(17(20)21)4-9(18(22)23)11(7)15-8/h3-5,15H,2H2,1H3. The van der Waals surface area contributed by atoms with Crippen LogP contribution in [0.3, 0.4) is 0 Å². The number of nitrogens with one attached hydrogen (secondary N) is 1. The maximum absolute atomic E-state index is 11.3. The quantitative estimate of drug-likeness (QED) is 0.424. The van der Waals surface area contributed by atoms with Crippen LogP contribution in [0, 0.1) is 20.2 Å². The minimum atomic E-state index is -1.02. The second-order valence-corrected chi connectivity index (χ2v) is 4.73. The molecule has 0 saturated heterocycles. The van der Waals surface area contributed by atoms with Crippen LogP contribution in [-0.2, 0) is 4.74 Å². The van der Waals surface area contributed by atoms with Crippen LogP contribution in [0.1, 0.15) is 6.92 Å². The summed E-state index contributed by atoms with van der Waals surface area (Å²) in [5, 5.41) is 22.3. The normalized spacial score (nSPS) is 10.8. The number of carbonyl (C=O) groups is 1. The van der Waals surface area contributed by atoms with Gasteiger partial charge in [-0.15, -0.1) is 0 Å². The smallest absolute Gasteiger partial charge is 0.434 e. The number of nitrogens with zero attached hydrogens (tertiary/aromatic N) is 4. The average Bonchev–Trinajstić information content (AvgIpc) is 2.91. The number of non-ortho nitro benzene ring substituents is 2. The van der Waals surface area contributed by atoms with E-state index in [0.29, 0.717) is 0 Å². The first-order valence-corrected chi connectivity index (χ1v) is 6.86. The van der Waals surface area contributed by atoms with Gasteiger partial charge in [-0.25, -0.2) is 9.78 Å². The van der Waals surface area contributed by atoms with E-state index in [9.17, 15) is 25.0 Å². The molecule has 0 radical (unpaired) electrons. The molecule has 0 amide bonds. The molecule has 25 heavy (non-hydrogen) atoms. The van der Waals surface area contributed by atoms with E-state index < -0.39 is 27.4 Å². The van der Waals surface area contributed by atoms with Crippen molar-refractivity contribution in [3.8, 4) is 6.01 Å². The van der Waals surface area contributed by atoms with Crippen molar-refractivity contribution in [1.29, 1.82) is 0 Å². The van der Waals surface area contributed by atoms with Gasteiger partial charge in [-0.1, -0.05) is 0 Å². The van der Waals surface area contributed by atoms with Crippen LogP contribution in [-0.4, -0.2) is 37.6 Å². The van der Waals surface area contributed by atoms with Gasteiger partial charge in [-0.3, -0.25) is 20.2 Å². The van der Waals surface area contributed by atoms with E-state index >= 15 is 0 Å². The molecule has 0 fully saturated rings. The molecule has 0 aliphatic carbocycles. The van der Waals surface area contributed by atoms with Crippen LogP contribution in [0.25, 0.3) is 21.9 Å². The number of benzene rings is 1. The van der Waals surface area contributed by atoms with Crippen LogP contribution in [0.4, 0.5) is 16.2 Å². The molecule has 2 aromatic heterocycles. The maximum atomic E-state index is 11.3. The lowest BCUT2D eigenvalue weighted by atomic mass is 10.2. The lowest BCUT2D eigenvalue weighted by Gasteiger charge is -2.01. The molecule has 1 aromatic carbocycles. The number of nitro groups is 2. The van der Waals surface area contributed by atoms with Gasteiger partial charge in [-0.2, -0.15) is 4.98 Å². The number of nitro benzene ring substituents is 2. The highest BCUT2D eigenvalue weighted by Crippen LogP contribution is 2.34. The predicted molar refractivity (Wildman–Crippen MR) is 82.4 cm³/mol. The van der Waals surface area contributed by atoms with E-state index in [1.807, 2.05) is 0 Å². The first-order valence-electron chi connectivity index (χ1n) is 6.86. The Balaban J connectivity index is 2.21. The molecule has 0 aliphatic heterocycles. The summed E-state index contributed by atoms with van der Waals surface area (Å²) in [4.78, 5) is 42.5. The highest BCUT2D eigenvalue weighted by molar-refractivity contribution is 6.09. The number of carbonyl (C=O) groups excluding carboxylic acids is 1. The van der Waals surface area contributed by atoms with Gasteiger partial charge < -0.3 is 14.5 Å². The number of rotatable bonds is 4. The molecule has 0 unspecified atom stereocenters. The molecule has 0 atom stereocenters. The minimum Gasteiger partial charge on any atom is -0.434 e. The van der Waals surface area contributed by atoms with E-state index in [0.717, 1.165) is 12.1 Å². The monoisotopic (exact) mass is 347 g/mol. The molecular formula is C13H9N5O7. The fourth-order valence-corrected chi connectivity index (χ4v) is 2.25. The number of aromatic nitrogens is 3. The van der Waals surface area contributed by atoms with Gasteiger partial charge in [0.1, 0.15) is 11.0 Å². The first kappa shape index (κ1) is 16.0. The Bertz CT molecular complexity index is 1030. The maximum Gasteiger partial charge on any atom is 0.516 e. The molecule has 3 aromatic rings. The molecule has 0 saturated carbocycles. The third-order valence-corrected chi connectivity index (χ3v) is 3.23. The Morgan fingerprint density at radius 1 is 1.28 bits per heavy atom. The summed E-state index contributed by atoms with van der Waals surface area (Å²) in [6.07, 6.45) is 0.227. The average molecular weight is 347 g/mol. The predicted octanol–water partition coefficient (Wildman–Crippen LogP) is 2.46. The SMILES string of the molecule is CCOC(=O)Oc1ncc2[nH]c3c([N+](=O)[O-])cc([N+](=O)[O-])cc3c2n1. The third-order valence-electron chi connectivity index (χ3n) is 3.23. The van der Waals surface area contributed by atoms with Crippen LogP contribution in [0.2, 0.25) is 0 Å². The minimum absolute atomic E-state index is 0.0492. The van der Waals surface area contributed by atoms with Gasteiger partial charge >= 0.3 is 12.2 Å². The summed E-state index contributed by atoms with van der Waals surface area (Å²) >= 11 is 0. The number of fused-ring (bicyclic) bond motifs is 3. The second kappa shape index (κ2) is 5.99. The zero-order valence-corrected chi connectivity index (χ0v) is 12.6. The third kappa shape index (κ3) is 2.87. The van der Waals surface area contributed by atoms with E-state index in [1.54, 1.807) is 6.92 Å². The molecule has 1 N–H and O–H groups in total. The summed E-state index contributed by atoms with van der Waals surface area (Å²) in [6, 6.07) is 1.64. The summed E-state index contributed by atoms with van der Waals surface area (Å²) in [7, 11) is 0. The first-order chi connectivity index (χ1) is 11.9. The highest BCUT2D eigenvalue weighted by Gasteiger charge is 2.23. The van der Waals surface area contributed by atoms with Gasteiger partial charge in [0.05, 0.1) is 34.2 Å². The van der Waals surface area contributed by atoms with Crippen molar-refractivity contribution in [2.75, 3.05) is 6.61 Å². The molecule has 3 rings (SSSR count). The van der Waals surface area contributed by atoms with E-state index in [4.69, 9.17) is 4.74 Å². The van der Waals surface area contributed by atoms with E-state index in [2.05, 4.69) is 19.7 Å². The lowest BCUT2D eigenvalue weighted by Crippen LogP contribution is -2.11.